The Hall–Kier alpha value is -2.28. The van der Waals surface area contributed by atoms with Crippen molar-refractivity contribution in [1.82, 2.24) is 15.3 Å². The van der Waals surface area contributed by atoms with Crippen molar-refractivity contribution in [3.05, 3.63) is 29.2 Å². The molecule has 1 fully saturated rings. The topological polar surface area (TPSA) is 106 Å². The lowest BCUT2D eigenvalue weighted by atomic mass is 9.98. The van der Waals surface area contributed by atoms with Crippen LogP contribution in [0.5, 0.6) is 5.75 Å². The van der Waals surface area contributed by atoms with E-state index in [0.717, 1.165) is 36.4 Å². The molecule has 7 heteroatoms. The third-order valence-corrected chi connectivity index (χ3v) is 5.53. The Labute approximate surface area is 181 Å². The number of hydrogen-bond donors (Lipinski definition) is 3. The minimum atomic E-state index is 0.0551. The highest BCUT2D eigenvalue weighted by molar-refractivity contribution is 5.75. The summed E-state index contributed by atoms with van der Waals surface area (Å²) >= 11 is 0. The second-order valence-corrected chi connectivity index (χ2v) is 8.66. The molecule has 0 unspecified atom stereocenters. The van der Waals surface area contributed by atoms with Gasteiger partial charge in [-0.15, -0.1) is 0 Å². The monoisotopic (exact) mass is 417 g/mol. The Morgan fingerprint density at radius 3 is 2.57 bits per heavy atom. The van der Waals surface area contributed by atoms with Gasteiger partial charge in [-0.25, -0.2) is 10.8 Å². The van der Waals surface area contributed by atoms with Crippen LogP contribution in [0.25, 0.3) is 5.70 Å². The lowest BCUT2D eigenvalue weighted by Gasteiger charge is -2.24. The number of ether oxygens (including phenoxy) is 1. The summed E-state index contributed by atoms with van der Waals surface area (Å²) in [6.07, 6.45) is 8.19. The van der Waals surface area contributed by atoms with Crippen molar-refractivity contribution in [2.45, 2.75) is 78.2 Å². The predicted molar refractivity (Wildman–Crippen MR) is 121 cm³/mol. The van der Waals surface area contributed by atoms with E-state index in [1.54, 1.807) is 7.05 Å². The molecule has 1 saturated carbocycles. The van der Waals surface area contributed by atoms with Gasteiger partial charge in [0.1, 0.15) is 5.75 Å². The fourth-order valence-electron chi connectivity index (χ4n) is 3.66. The first-order valence-corrected chi connectivity index (χ1v) is 11.2. The first kappa shape index (κ1) is 24.0. The van der Waals surface area contributed by atoms with E-state index < -0.39 is 0 Å². The molecule has 30 heavy (non-hydrogen) atoms. The minimum Gasteiger partial charge on any atom is -0.489 e. The molecule has 0 aromatic carbocycles. The number of nitrogens with zero attached hydrogens (tertiary/aromatic N) is 2. The maximum atomic E-state index is 12.0. The number of nitrogens with two attached hydrogens (primary N) is 2. The SMILES string of the molecule is Cc1nc(/C(N)=C(\CCNC(=O)CCC(C)C)N(C)N)ccc1OC1CCCCC1. The van der Waals surface area contributed by atoms with Crippen LogP contribution in [0.4, 0.5) is 0 Å². The molecule has 1 aromatic rings. The molecule has 1 amide bonds. The number of carbonyl (C=O) groups excluding carboxylic acids is 1. The van der Waals surface area contributed by atoms with Gasteiger partial charge >= 0.3 is 0 Å². The van der Waals surface area contributed by atoms with Gasteiger partial charge in [0.2, 0.25) is 5.91 Å². The average molecular weight is 418 g/mol. The van der Waals surface area contributed by atoms with Crippen molar-refractivity contribution < 1.29 is 9.53 Å². The second kappa shape index (κ2) is 11.8. The highest BCUT2D eigenvalue weighted by Crippen LogP contribution is 2.26. The van der Waals surface area contributed by atoms with Crippen LogP contribution in [0.3, 0.4) is 0 Å². The summed E-state index contributed by atoms with van der Waals surface area (Å²) in [7, 11) is 1.75. The largest absolute Gasteiger partial charge is 0.489 e. The quantitative estimate of drug-likeness (QED) is 0.397. The van der Waals surface area contributed by atoms with Gasteiger partial charge in [0, 0.05) is 26.4 Å². The van der Waals surface area contributed by atoms with Crippen LogP contribution >= 0.6 is 0 Å². The van der Waals surface area contributed by atoms with Crippen LogP contribution in [-0.4, -0.2) is 35.6 Å². The molecule has 1 heterocycles. The molecule has 0 radical (unpaired) electrons. The molecule has 1 aliphatic carbocycles. The normalized spacial score (nSPS) is 15.7. The van der Waals surface area contributed by atoms with Gasteiger partial charge < -0.3 is 20.8 Å². The van der Waals surface area contributed by atoms with Crippen molar-refractivity contribution in [3.8, 4) is 5.75 Å². The summed E-state index contributed by atoms with van der Waals surface area (Å²) in [4.78, 5) is 16.6. The van der Waals surface area contributed by atoms with Crippen LogP contribution in [0, 0.1) is 12.8 Å². The van der Waals surface area contributed by atoms with Gasteiger partial charge in [0.15, 0.2) is 0 Å². The summed E-state index contributed by atoms with van der Waals surface area (Å²) < 4.78 is 6.16. The molecule has 0 aliphatic heterocycles. The van der Waals surface area contributed by atoms with E-state index in [4.69, 9.17) is 16.3 Å². The smallest absolute Gasteiger partial charge is 0.220 e. The molecule has 168 valence electrons. The van der Waals surface area contributed by atoms with Crippen molar-refractivity contribution in [2.24, 2.45) is 17.5 Å². The molecule has 0 bridgehead atoms. The molecule has 7 nitrogen and oxygen atoms in total. The van der Waals surface area contributed by atoms with Gasteiger partial charge in [-0.3, -0.25) is 4.79 Å². The Kier molecular flexibility index (Phi) is 9.43. The zero-order valence-electron chi connectivity index (χ0n) is 19.0. The first-order chi connectivity index (χ1) is 14.3. The van der Waals surface area contributed by atoms with Gasteiger partial charge in [-0.1, -0.05) is 20.3 Å². The van der Waals surface area contributed by atoms with Crippen LogP contribution < -0.4 is 21.6 Å². The number of hydrogen-bond acceptors (Lipinski definition) is 6. The van der Waals surface area contributed by atoms with E-state index >= 15 is 0 Å². The summed E-state index contributed by atoms with van der Waals surface area (Å²) in [6.45, 7) is 6.64. The van der Waals surface area contributed by atoms with Crippen molar-refractivity contribution in [1.29, 1.82) is 0 Å². The van der Waals surface area contributed by atoms with E-state index in [0.29, 0.717) is 36.7 Å². The van der Waals surface area contributed by atoms with E-state index in [-0.39, 0.29) is 12.0 Å². The fraction of sp³-hybridized carbons (Fsp3) is 0.652. The number of amides is 1. The molecule has 0 spiro atoms. The highest BCUT2D eigenvalue weighted by Gasteiger charge is 2.17. The number of nitrogens with one attached hydrogen (secondary N) is 1. The molecule has 1 aromatic heterocycles. The maximum absolute atomic E-state index is 12.0. The number of pyridine rings is 1. The van der Waals surface area contributed by atoms with E-state index in [9.17, 15) is 4.79 Å². The second-order valence-electron chi connectivity index (χ2n) is 8.66. The number of aryl methyl sites for hydroxylation is 1. The Morgan fingerprint density at radius 1 is 1.27 bits per heavy atom. The minimum absolute atomic E-state index is 0.0551. The summed E-state index contributed by atoms with van der Waals surface area (Å²) in [5.74, 6) is 7.40. The molecule has 5 N–H and O–H groups in total. The van der Waals surface area contributed by atoms with Gasteiger partial charge in [-0.05, 0) is 57.1 Å². The Morgan fingerprint density at radius 2 is 1.97 bits per heavy atom. The molecular weight excluding hydrogens is 378 g/mol. The molecular formula is C23H39N5O2. The predicted octanol–water partition coefficient (Wildman–Crippen LogP) is 3.48. The summed E-state index contributed by atoms with van der Waals surface area (Å²) in [6, 6.07) is 3.83. The Balaban J connectivity index is 2.02. The standard InChI is InChI=1S/C23H39N5O2/c1-16(2)10-13-22(29)26-15-14-20(28(4)25)23(24)19-11-12-21(17(3)27-19)30-18-8-6-5-7-9-18/h11-12,16,18H,5-10,13-15,24-25H2,1-4H3,(H,26,29)/b23-20-. The first-order valence-electron chi connectivity index (χ1n) is 11.2. The van der Waals surface area contributed by atoms with Crippen molar-refractivity contribution >= 4 is 11.6 Å². The average Bonchev–Trinajstić information content (AvgIpc) is 2.71. The number of aromatic nitrogens is 1. The lowest BCUT2D eigenvalue weighted by molar-refractivity contribution is -0.121. The zero-order valence-corrected chi connectivity index (χ0v) is 19.0. The van der Waals surface area contributed by atoms with Crippen LogP contribution in [0.15, 0.2) is 17.8 Å². The molecule has 2 rings (SSSR count). The van der Waals surface area contributed by atoms with Crippen molar-refractivity contribution in [3.63, 3.8) is 0 Å². The maximum Gasteiger partial charge on any atom is 0.220 e. The van der Waals surface area contributed by atoms with E-state index in [2.05, 4.69) is 24.1 Å². The Bertz CT molecular complexity index is 724. The molecule has 0 atom stereocenters. The molecule has 1 aliphatic rings. The summed E-state index contributed by atoms with van der Waals surface area (Å²) in [5.41, 5.74) is 9.15. The summed E-state index contributed by atoms with van der Waals surface area (Å²) in [5, 5.41) is 4.44. The number of rotatable bonds is 10. The van der Waals surface area contributed by atoms with Gasteiger partial charge in [-0.2, -0.15) is 0 Å². The van der Waals surface area contributed by atoms with Crippen LogP contribution in [0.1, 0.15) is 76.6 Å². The lowest BCUT2D eigenvalue weighted by Crippen LogP contribution is -2.32. The van der Waals surface area contributed by atoms with E-state index in [1.165, 1.54) is 24.3 Å². The number of carbonyl (C=O) groups is 1. The van der Waals surface area contributed by atoms with Crippen molar-refractivity contribution in [2.75, 3.05) is 13.6 Å². The zero-order chi connectivity index (χ0) is 22.1. The number of hydrazine groups is 1. The molecule has 0 saturated heterocycles. The highest BCUT2D eigenvalue weighted by atomic mass is 16.5. The fourth-order valence-corrected chi connectivity index (χ4v) is 3.66. The van der Waals surface area contributed by atoms with Gasteiger partial charge in [0.05, 0.1) is 28.9 Å². The third-order valence-electron chi connectivity index (χ3n) is 5.53. The third kappa shape index (κ3) is 7.52. The van der Waals surface area contributed by atoms with Gasteiger partial charge in [0.25, 0.3) is 0 Å². The van der Waals surface area contributed by atoms with E-state index in [1.807, 2.05) is 19.1 Å². The van der Waals surface area contributed by atoms with Crippen LogP contribution in [-0.2, 0) is 4.79 Å². The van der Waals surface area contributed by atoms with Crippen LogP contribution in [0.2, 0.25) is 0 Å².